The van der Waals surface area contributed by atoms with Crippen molar-refractivity contribution in [3.05, 3.63) is 48.7 Å². The van der Waals surface area contributed by atoms with Gasteiger partial charge < -0.3 is 19.3 Å². The number of hydrogen-bond donors (Lipinski definition) is 0. The highest BCUT2D eigenvalue weighted by Gasteiger charge is 2.25. The molecule has 25 heavy (non-hydrogen) atoms. The van der Waals surface area contributed by atoms with E-state index in [1.54, 1.807) is 18.3 Å². The van der Waals surface area contributed by atoms with E-state index in [9.17, 15) is 4.79 Å². The summed E-state index contributed by atoms with van der Waals surface area (Å²) in [6.07, 6.45) is 1.67. The normalized spacial score (nSPS) is 18.0. The van der Waals surface area contributed by atoms with E-state index in [1.165, 1.54) is 0 Å². The zero-order chi connectivity index (χ0) is 17.6. The molecule has 0 saturated carbocycles. The molecule has 0 bridgehead atoms. The van der Waals surface area contributed by atoms with Gasteiger partial charge in [-0.2, -0.15) is 0 Å². The number of pyridine rings is 1. The van der Waals surface area contributed by atoms with Crippen LogP contribution in [-0.2, 0) is 4.79 Å². The molecule has 1 aliphatic rings. The van der Waals surface area contributed by atoms with Crippen molar-refractivity contribution >= 4 is 5.91 Å². The van der Waals surface area contributed by atoms with Gasteiger partial charge >= 0.3 is 0 Å². The van der Waals surface area contributed by atoms with E-state index >= 15 is 0 Å². The van der Waals surface area contributed by atoms with E-state index in [4.69, 9.17) is 9.47 Å². The van der Waals surface area contributed by atoms with Gasteiger partial charge in [0.15, 0.2) is 6.61 Å². The lowest BCUT2D eigenvalue weighted by Gasteiger charge is -2.38. The first-order valence-corrected chi connectivity index (χ1v) is 8.41. The summed E-state index contributed by atoms with van der Waals surface area (Å²) in [7, 11) is 2.07. The van der Waals surface area contributed by atoms with Crippen LogP contribution < -0.4 is 9.47 Å². The standard InChI is InChI=1S/C19H23N3O3/c1-15-13-21(2)10-11-22(15)19(23)14-24-16-6-5-7-17(12-16)25-18-8-3-4-9-20-18/h3-9,12,15H,10-11,13-14H2,1-2H3/t15-/m1/s1. The molecule has 0 radical (unpaired) electrons. The Morgan fingerprint density at radius 3 is 2.80 bits per heavy atom. The number of ether oxygens (including phenoxy) is 2. The third-order valence-electron chi connectivity index (χ3n) is 4.18. The molecule has 1 aromatic heterocycles. The van der Waals surface area contributed by atoms with Gasteiger partial charge in [-0.1, -0.05) is 12.1 Å². The van der Waals surface area contributed by atoms with Crippen LogP contribution in [0.5, 0.6) is 17.4 Å². The molecule has 1 fully saturated rings. The molecule has 0 unspecified atom stereocenters. The number of carbonyl (C=O) groups is 1. The van der Waals surface area contributed by atoms with Crippen LogP contribution in [0.25, 0.3) is 0 Å². The van der Waals surface area contributed by atoms with Crippen LogP contribution in [0.15, 0.2) is 48.7 Å². The number of rotatable bonds is 5. The molecule has 3 rings (SSSR count). The molecule has 6 nitrogen and oxygen atoms in total. The molecular formula is C19H23N3O3. The van der Waals surface area contributed by atoms with Crippen LogP contribution in [0.2, 0.25) is 0 Å². The molecule has 1 aromatic carbocycles. The van der Waals surface area contributed by atoms with E-state index < -0.39 is 0 Å². The molecule has 0 aliphatic carbocycles. The highest BCUT2D eigenvalue weighted by molar-refractivity contribution is 5.78. The SMILES string of the molecule is C[C@@H]1CN(C)CCN1C(=O)COc1cccc(Oc2ccccn2)c1. The Hall–Kier alpha value is -2.60. The Labute approximate surface area is 148 Å². The van der Waals surface area contributed by atoms with Gasteiger partial charge in [-0.3, -0.25) is 4.79 Å². The van der Waals surface area contributed by atoms with E-state index in [0.29, 0.717) is 17.4 Å². The van der Waals surface area contributed by atoms with Crippen molar-refractivity contribution in [2.24, 2.45) is 0 Å². The third kappa shape index (κ3) is 4.70. The van der Waals surface area contributed by atoms with Crippen LogP contribution >= 0.6 is 0 Å². The summed E-state index contributed by atoms with van der Waals surface area (Å²) in [6.45, 7) is 4.61. The minimum absolute atomic E-state index is 0.0108. The predicted octanol–water partition coefficient (Wildman–Crippen LogP) is 2.42. The Kier molecular flexibility index (Phi) is 5.50. The van der Waals surface area contributed by atoms with Crippen LogP contribution in [-0.4, -0.2) is 60.0 Å². The highest BCUT2D eigenvalue weighted by Crippen LogP contribution is 2.23. The lowest BCUT2D eigenvalue weighted by Crippen LogP contribution is -2.53. The second-order valence-corrected chi connectivity index (χ2v) is 6.23. The van der Waals surface area contributed by atoms with Gasteiger partial charge in [0.05, 0.1) is 0 Å². The summed E-state index contributed by atoms with van der Waals surface area (Å²) >= 11 is 0. The largest absolute Gasteiger partial charge is 0.484 e. The third-order valence-corrected chi connectivity index (χ3v) is 4.18. The zero-order valence-corrected chi connectivity index (χ0v) is 14.6. The quantitative estimate of drug-likeness (QED) is 0.836. The summed E-state index contributed by atoms with van der Waals surface area (Å²) in [5, 5.41) is 0. The molecule has 0 N–H and O–H groups in total. The van der Waals surface area contributed by atoms with Crippen LogP contribution in [0.4, 0.5) is 0 Å². The fourth-order valence-electron chi connectivity index (χ4n) is 2.89. The van der Waals surface area contributed by atoms with Crippen molar-refractivity contribution in [2.75, 3.05) is 33.3 Å². The molecule has 0 spiro atoms. The maximum absolute atomic E-state index is 12.4. The van der Waals surface area contributed by atoms with Crippen LogP contribution in [0.1, 0.15) is 6.92 Å². The van der Waals surface area contributed by atoms with Crippen molar-refractivity contribution in [1.82, 2.24) is 14.8 Å². The first-order chi connectivity index (χ1) is 12.1. The summed E-state index contributed by atoms with van der Waals surface area (Å²) in [4.78, 5) is 20.6. The number of amides is 1. The minimum atomic E-state index is 0.0108. The van der Waals surface area contributed by atoms with Crippen LogP contribution in [0.3, 0.4) is 0 Å². The Morgan fingerprint density at radius 1 is 1.20 bits per heavy atom. The Balaban J connectivity index is 1.56. The average molecular weight is 341 g/mol. The van der Waals surface area contributed by atoms with Crippen molar-refractivity contribution < 1.29 is 14.3 Å². The number of benzene rings is 1. The lowest BCUT2D eigenvalue weighted by molar-refractivity contribution is -0.137. The van der Waals surface area contributed by atoms with Gasteiger partial charge in [0.1, 0.15) is 11.5 Å². The van der Waals surface area contributed by atoms with Gasteiger partial charge in [0.25, 0.3) is 5.91 Å². The van der Waals surface area contributed by atoms with Crippen molar-refractivity contribution in [3.63, 3.8) is 0 Å². The molecule has 132 valence electrons. The van der Waals surface area contributed by atoms with E-state index in [-0.39, 0.29) is 18.6 Å². The summed E-state index contributed by atoms with van der Waals surface area (Å²) in [5.41, 5.74) is 0. The summed E-state index contributed by atoms with van der Waals surface area (Å²) in [5.74, 6) is 1.75. The second kappa shape index (κ2) is 7.98. The second-order valence-electron chi connectivity index (χ2n) is 6.23. The highest BCUT2D eigenvalue weighted by atomic mass is 16.5. The monoisotopic (exact) mass is 341 g/mol. The molecule has 1 saturated heterocycles. The Morgan fingerprint density at radius 2 is 2.04 bits per heavy atom. The number of carbonyl (C=O) groups excluding carboxylic acids is 1. The number of likely N-dealkylation sites (N-methyl/N-ethyl adjacent to an activating group) is 1. The van der Waals surface area contributed by atoms with E-state index in [2.05, 4.69) is 23.9 Å². The smallest absolute Gasteiger partial charge is 0.260 e. The molecule has 1 amide bonds. The van der Waals surface area contributed by atoms with Gasteiger partial charge in [0.2, 0.25) is 5.88 Å². The first kappa shape index (κ1) is 17.2. The van der Waals surface area contributed by atoms with E-state index in [1.807, 2.05) is 35.2 Å². The van der Waals surface area contributed by atoms with Gasteiger partial charge in [-0.25, -0.2) is 4.98 Å². The van der Waals surface area contributed by atoms with Crippen molar-refractivity contribution in [1.29, 1.82) is 0 Å². The molecule has 1 aliphatic heterocycles. The summed E-state index contributed by atoms with van der Waals surface area (Å²) < 4.78 is 11.3. The van der Waals surface area contributed by atoms with Crippen LogP contribution in [0, 0.1) is 0 Å². The van der Waals surface area contributed by atoms with Gasteiger partial charge in [-0.05, 0) is 32.2 Å². The van der Waals surface area contributed by atoms with Gasteiger partial charge in [-0.15, -0.1) is 0 Å². The molecular weight excluding hydrogens is 318 g/mol. The Bertz CT molecular complexity index is 708. The summed E-state index contributed by atoms with van der Waals surface area (Å²) in [6, 6.07) is 12.9. The molecule has 1 atom stereocenters. The maximum atomic E-state index is 12.4. The lowest BCUT2D eigenvalue weighted by atomic mass is 10.2. The predicted molar refractivity (Wildman–Crippen MR) is 94.9 cm³/mol. The maximum Gasteiger partial charge on any atom is 0.260 e. The molecule has 2 aromatic rings. The molecule has 6 heteroatoms. The topological polar surface area (TPSA) is 54.9 Å². The number of nitrogens with zero attached hydrogens (tertiary/aromatic N) is 3. The van der Waals surface area contributed by atoms with Crippen molar-refractivity contribution in [3.8, 4) is 17.4 Å². The van der Waals surface area contributed by atoms with Crippen molar-refractivity contribution in [2.45, 2.75) is 13.0 Å². The average Bonchev–Trinajstić information content (AvgIpc) is 2.61. The van der Waals surface area contributed by atoms with Gasteiger partial charge in [0, 0.05) is 44.0 Å². The number of piperazine rings is 1. The number of aromatic nitrogens is 1. The molecule has 2 heterocycles. The fourth-order valence-corrected chi connectivity index (χ4v) is 2.89. The fraction of sp³-hybridized carbons (Fsp3) is 0.368. The number of hydrogen-bond acceptors (Lipinski definition) is 5. The first-order valence-electron chi connectivity index (χ1n) is 8.41. The van der Waals surface area contributed by atoms with E-state index in [0.717, 1.165) is 19.6 Å². The zero-order valence-electron chi connectivity index (χ0n) is 14.6. The minimum Gasteiger partial charge on any atom is -0.484 e.